The van der Waals surface area contributed by atoms with Crippen molar-refractivity contribution in [3.8, 4) is 0 Å². The Balaban J connectivity index is 1.77. The van der Waals surface area contributed by atoms with E-state index in [2.05, 4.69) is 33.1 Å². The second-order valence-electron chi connectivity index (χ2n) is 5.31. The highest BCUT2D eigenvalue weighted by Gasteiger charge is 2.16. The van der Waals surface area contributed by atoms with Crippen molar-refractivity contribution >= 4 is 15.9 Å². The van der Waals surface area contributed by atoms with Crippen molar-refractivity contribution in [1.82, 2.24) is 10.2 Å². The third kappa shape index (κ3) is 4.55. The van der Waals surface area contributed by atoms with Crippen LogP contribution >= 0.6 is 15.9 Å². The average molecular weight is 329 g/mol. The highest BCUT2D eigenvalue weighted by atomic mass is 79.9. The number of halogens is 2. The Bertz CT molecular complexity index is 405. The van der Waals surface area contributed by atoms with E-state index >= 15 is 0 Å². The molecule has 0 aromatic heterocycles. The van der Waals surface area contributed by atoms with E-state index in [0.717, 1.165) is 16.6 Å². The zero-order chi connectivity index (χ0) is 13.7. The molecule has 0 radical (unpaired) electrons. The van der Waals surface area contributed by atoms with Crippen LogP contribution in [0.4, 0.5) is 4.39 Å². The lowest BCUT2D eigenvalue weighted by molar-refractivity contribution is 0.170. The molecule has 0 aliphatic carbocycles. The summed E-state index contributed by atoms with van der Waals surface area (Å²) in [4.78, 5) is 2.52. The maximum atomic E-state index is 13.6. The molecule has 1 N–H and O–H groups in total. The minimum atomic E-state index is -0.138. The van der Waals surface area contributed by atoms with Crippen molar-refractivity contribution in [2.24, 2.45) is 0 Å². The van der Waals surface area contributed by atoms with Crippen LogP contribution in [0.3, 0.4) is 0 Å². The van der Waals surface area contributed by atoms with E-state index in [0.29, 0.717) is 12.6 Å². The SMILES string of the molecule is CC(CNCc1cc(Br)ccc1F)N1CCCCC1. The molecule has 2 nitrogen and oxygen atoms in total. The van der Waals surface area contributed by atoms with Gasteiger partial charge in [0, 0.05) is 29.2 Å². The lowest BCUT2D eigenvalue weighted by atomic mass is 10.1. The largest absolute Gasteiger partial charge is 0.311 e. The van der Waals surface area contributed by atoms with Crippen molar-refractivity contribution in [1.29, 1.82) is 0 Å². The van der Waals surface area contributed by atoms with E-state index in [1.807, 2.05) is 6.07 Å². The first kappa shape index (κ1) is 14.9. The lowest BCUT2D eigenvalue weighted by Crippen LogP contribution is -2.43. The fourth-order valence-electron chi connectivity index (χ4n) is 2.58. The van der Waals surface area contributed by atoms with E-state index in [-0.39, 0.29) is 5.82 Å². The fourth-order valence-corrected chi connectivity index (χ4v) is 2.99. The molecule has 19 heavy (non-hydrogen) atoms. The van der Waals surface area contributed by atoms with Crippen LogP contribution in [0.15, 0.2) is 22.7 Å². The van der Waals surface area contributed by atoms with E-state index in [4.69, 9.17) is 0 Å². The van der Waals surface area contributed by atoms with Crippen molar-refractivity contribution in [3.63, 3.8) is 0 Å². The molecule has 4 heteroatoms. The highest BCUT2D eigenvalue weighted by Crippen LogP contribution is 2.15. The Morgan fingerprint density at radius 2 is 2.05 bits per heavy atom. The topological polar surface area (TPSA) is 15.3 Å². The van der Waals surface area contributed by atoms with Crippen LogP contribution in [0.5, 0.6) is 0 Å². The molecule has 1 aliphatic rings. The molecule has 0 saturated carbocycles. The molecule has 1 aliphatic heterocycles. The average Bonchev–Trinajstić information content (AvgIpc) is 2.43. The zero-order valence-electron chi connectivity index (χ0n) is 11.5. The molecular weight excluding hydrogens is 307 g/mol. The van der Waals surface area contributed by atoms with Gasteiger partial charge in [-0.15, -0.1) is 0 Å². The molecule has 1 fully saturated rings. The molecule has 1 atom stereocenters. The van der Waals surface area contributed by atoms with Crippen molar-refractivity contribution in [3.05, 3.63) is 34.1 Å². The Labute approximate surface area is 123 Å². The summed E-state index contributed by atoms with van der Waals surface area (Å²) in [5.74, 6) is -0.138. The van der Waals surface area contributed by atoms with Gasteiger partial charge >= 0.3 is 0 Å². The van der Waals surface area contributed by atoms with E-state index in [1.165, 1.54) is 38.4 Å². The molecule has 1 unspecified atom stereocenters. The van der Waals surface area contributed by atoms with Crippen LogP contribution in [0.1, 0.15) is 31.7 Å². The maximum absolute atomic E-state index is 13.6. The normalized spacial score (nSPS) is 18.5. The van der Waals surface area contributed by atoms with E-state index < -0.39 is 0 Å². The number of likely N-dealkylation sites (tertiary alicyclic amines) is 1. The van der Waals surface area contributed by atoms with Crippen LogP contribution in [0.2, 0.25) is 0 Å². The minimum Gasteiger partial charge on any atom is -0.311 e. The predicted octanol–water partition coefficient (Wildman–Crippen LogP) is 3.55. The first-order chi connectivity index (χ1) is 9.16. The van der Waals surface area contributed by atoms with Gasteiger partial charge in [-0.05, 0) is 51.1 Å². The van der Waals surface area contributed by atoms with Gasteiger partial charge in [0.2, 0.25) is 0 Å². The van der Waals surface area contributed by atoms with Gasteiger partial charge in [-0.2, -0.15) is 0 Å². The first-order valence-corrected chi connectivity index (χ1v) is 7.85. The van der Waals surface area contributed by atoms with Gasteiger partial charge in [-0.1, -0.05) is 22.4 Å². The summed E-state index contributed by atoms with van der Waals surface area (Å²) in [6.45, 7) is 6.15. The Morgan fingerprint density at radius 1 is 1.32 bits per heavy atom. The lowest BCUT2D eigenvalue weighted by Gasteiger charge is -2.32. The molecule has 1 saturated heterocycles. The summed E-state index contributed by atoms with van der Waals surface area (Å²) >= 11 is 3.38. The van der Waals surface area contributed by atoms with Crippen molar-refractivity contribution < 1.29 is 4.39 Å². The summed E-state index contributed by atoms with van der Waals surface area (Å²) in [7, 11) is 0. The number of nitrogens with one attached hydrogen (secondary N) is 1. The van der Waals surface area contributed by atoms with Crippen LogP contribution in [0.25, 0.3) is 0 Å². The van der Waals surface area contributed by atoms with Gasteiger partial charge in [0.1, 0.15) is 5.82 Å². The third-order valence-electron chi connectivity index (χ3n) is 3.78. The first-order valence-electron chi connectivity index (χ1n) is 7.05. The molecule has 0 amide bonds. The van der Waals surface area contributed by atoms with Gasteiger partial charge < -0.3 is 5.32 Å². The van der Waals surface area contributed by atoms with Gasteiger partial charge in [0.25, 0.3) is 0 Å². The molecule has 1 aromatic carbocycles. The van der Waals surface area contributed by atoms with Crippen LogP contribution < -0.4 is 5.32 Å². The second-order valence-corrected chi connectivity index (χ2v) is 6.23. The second kappa shape index (κ2) is 7.36. The van der Waals surface area contributed by atoms with Crippen LogP contribution in [-0.2, 0) is 6.54 Å². The summed E-state index contributed by atoms with van der Waals surface area (Å²) in [5.41, 5.74) is 0.722. The smallest absolute Gasteiger partial charge is 0.127 e. The number of benzene rings is 1. The quantitative estimate of drug-likeness (QED) is 0.889. The number of nitrogens with zero attached hydrogens (tertiary/aromatic N) is 1. The molecule has 1 aromatic rings. The summed E-state index contributed by atoms with van der Waals surface area (Å²) < 4.78 is 14.5. The summed E-state index contributed by atoms with van der Waals surface area (Å²) in [6, 6.07) is 5.61. The standard InChI is InChI=1S/C15H22BrFN2/c1-12(19-7-3-2-4-8-19)10-18-11-13-9-14(16)5-6-15(13)17/h5-6,9,12,18H,2-4,7-8,10-11H2,1H3. The van der Waals surface area contributed by atoms with Gasteiger partial charge in [-0.3, -0.25) is 4.90 Å². The van der Waals surface area contributed by atoms with Crippen LogP contribution in [-0.4, -0.2) is 30.6 Å². The summed E-state index contributed by atoms with van der Waals surface area (Å²) in [6.07, 6.45) is 3.98. The van der Waals surface area contributed by atoms with Gasteiger partial charge in [0.05, 0.1) is 0 Å². The van der Waals surface area contributed by atoms with Gasteiger partial charge in [0.15, 0.2) is 0 Å². The molecular formula is C15H22BrFN2. The Hall–Kier alpha value is -0.450. The Kier molecular flexibility index (Phi) is 5.79. The number of hydrogen-bond donors (Lipinski definition) is 1. The maximum Gasteiger partial charge on any atom is 0.127 e. The fraction of sp³-hybridized carbons (Fsp3) is 0.600. The summed E-state index contributed by atoms with van der Waals surface area (Å²) in [5, 5.41) is 3.36. The molecule has 2 rings (SSSR count). The minimum absolute atomic E-state index is 0.138. The van der Waals surface area contributed by atoms with Crippen LogP contribution in [0, 0.1) is 5.82 Å². The number of rotatable bonds is 5. The van der Waals surface area contributed by atoms with Crippen molar-refractivity contribution in [2.75, 3.05) is 19.6 Å². The highest BCUT2D eigenvalue weighted by molar-refractivity contribution is 9.10. The number of hydrogen-bond acceptors (Lipinski definition) is 2. The molecule has 106 valence electrons. The molecule has 1 heterocycles. The van der Waals surface area contributed by atoms with Crippen molar-refractivity contribution in [2.45, 2.75) is 38.8 Å². The third-order valence-corrected chi connectivity index (χ3v) is 4.27. The molecule has 0 bridgehead atoms. The van der Waals surface area contributed by atoms with Gasteiger partial charge in [-0.25, -0.2) is 4.39 Å². The predicted molar refractivity (Wildman–Crippen MR) is 80.7 cm³/mol. The Morgan fingerprint density at radius 3 is 2.79 bits per heavy atom. The zero-order valence-corrected chi connectivity index (χ0v) is 13.0. The molecule has 0 spiro atoms. The monoisotopic (exact) mass is 328 g/mol. The van der Waals surface area contributed by atoms with E-state index in [9.17, 15) is 4.39 Å². The van der Waals surface area contributed by atoms with E-state index in [1.54, 1.807) is 6.07 Å². The number of piperidine rings is 1.